The molecule has 0 unspecified atom stereocenters. The van der Waals surface area contributed by atoms with Crippen LogP contribution in [0.4, 0.5) is 0 Å². The van der Waals surface area contributed by atoms with E-state index in [0.717, 1.165) is 25.8 Å². The summed E-state index contributed by atoms with van der Waals surface area (Å²) in [7, 11) is -3.58. The molecule has 1 saturated heterocycles. The van der Waals surface area contributed by atoms with E-state index >= 15 is 0 Å². The van der Waals surface area contributed by atoms with E-state index in [1.807, 2.05) is 4.90 Å². The monoisotopic (exact) mass is 345 g/mol. The van der Waals surface area contributed by atoms with Crippen LogP contribution in [0.3, 0.4) is 0 Å². The molecule has 1 aromatic rings. The topological polar surface area (TPSA) is 79.4 Å². The molecule has 122 valence electrons. The van der Waals surface area contributed by atoms with E-state index in [4.69, 9.17) is 11.6 Å². The highest BCUT2D eigenvalue weighted by Gasteiger charge is 2.17. The smallest absolute Gasteiger partial charge is 0.242 e. The quantitative estimate of drug-likeness (QED) is 0.630. The van der Waals surface area contributed by atoms with Crippen LogP contribution in [0.1, 0.15) is 32.1 Å². The Labute approximate surface area is 135 Å². The fourth-order valence-corrected chi connectivity index (χ4v) is 3.49. The molecule has 8 heteroatoms. The molecule has 1 aliphatic rings. The molecular weight excluding hydrogens is 326 g/mol. The van der Waals surface area contributed by atoms with Crippen LogP contribution in [0.5, 0.6) is 0 Å². The molecular formula is C14H20ClN3O3S. The minimum Gasteiger partial charge on any atom is -0.343 e. The molecule has 0 aromatic carbocycles. The molecule has 22 heavy (non-hydrogen) atoms. The van der Waals surface area contributed by atoms with Crippen LogP contribution in [0, 0.1) is 0 Å². The Morgan fingerprint density at radius 2 is 2.09 bits per heavy atom. The number of carbonyl (C=O) groups excluding carboxylic acids is 1. The summed E-state index contributed by atoms with van der Waals surface area (Å²) in [5.41, 5.74) is 0. The number of amides is 1. The lowest BCUT2D eigenvalue weighted by molar-refractivity contribution is -0.130. The zero-order valence-corrected chi connectivity index (χ0v) is 13.9. The molecule has 1 amide bonds. The van der Waals surface area contributed by atoms with Gasteiger partial charge in [-0.1, -0.05) is 18.0 Å². The van der Waals surface area contributed by atoms with Crippen molar-refractivity contribution in [2.24, 2.45) is 0 Å². The SMILES string of the molecule is O=C1CCCCCN1CCCNS(=O)(=O)c1ccc(Cl)nc1. The number of hydrogen-bond acceptors (Lipinski definition) is 4. The fourth-order valence-electron chi connectivity index (χ4n) is 2.36. The first-order chi connectivity index (χ1) is 10.5. The number of hydrogen-bond donors (Lipinski definition) is 1. The number of likely N-dealkylation sites (tertiary alicyclic amines) is 1. The van der Waals surface area contributed by atoms with Gasteiger partial charge in [0, 0.05) is 32.3 Å². The zero-order chi connectivity index (χ0) is 16.0. The Bertz CT molecular complexity index is 604. The van der Waals surface area contributed by atoms with Gasteiger partial charge in [0.25, 0.3) is 0 Å². The molecule has 1 aliphatic heterocycles. The first-order valence-electron chi connectivity index (χ1n) is 7.38. The highest BCUT2D eigenvalue weighted by Crippen LogP contribution is 2.12. The van der Waals surface area contributed by atoms with Gasteiger partial charge >= 0.3 is 0 Å². The van der Waals surface area contributed by atoms with Crippen LogP contribution >= 0.6 is 11.6 Å². The van der Waals surface area contributed by atoms with E-state index in [9.17, 15) is 13.2 Å². The summed E-state index contributed by atoms with van der Waals surface area (Å²) >= 11 is 5.64. The molecule has 6 nitrogen and oxygen atoms in total. The number of pyridine rings is 1. The van der Waals surface area contributed by atoms with Crippen LogP contribution in [0.2, 0.25) is 5.15 Å². The molecule has 0 spiro atoms. The van der Waals surface area contributed by atoms with Gasteiger partial charge in [0.05, 0.1) is 0 Å². The van der Waals surface area contributed by atoms with Gasteiger partial charge < -0.3 is 4.90 Å². The van der Waals surface area contributed by atoms with E-state index in [-0.39, 0.29) is 22.5 Å². The van der Waals surface area contributed by atoms with E-state index in [1.54, 1.807) is 0 Å². The van der Waals surface area contributed by atoms with Crippen molar-refractivity contribution >= 4 is 27.5 Å². The maximum absolute atomic E-state index is 12.0. The third kappa shape index (κ3) is 4.93. The molecule has 0 radical (unpaired) electrons. The standard InChI is InChI=1S/C14H20ClN3O3S/c15-13-7-6-12(11-16-13)22(20,21)17-8-4-10-18-9-3-1-2-5-14(18)19/h6-7,11,17H,1-5,8-10H2. The van der Waals surface area contributed by atoms with Crippen molar-refractivity contribution in [2.45, 2.75) is 37.0 Å². The molecule has 0 bridgehead atoms. The maximum atomic E-state index is 12.0. The molecule has 0 atom stereocenters. The number of carbonyl (C=O) groups is 1. The summed E-state index contributed by atoms with van der Waals surface area (Å²) < 4.78 is 26.6. The highest BCUT2D eigenvalue weighted by molar-refractivity contribution is 7.89. The van der Waals surface area contributed by atoms with E-state index in [1.165, 1.54) is 18.3 Å². The second kappa shape index (κ2) is 7.89. The Balaban J connectivity index is 1.80. The molecule has 1 aromatic heterocycles. The number of nitrogens with zero attached hydrogens (tertiary/aromatic N) is 2. The predicted octanol–water partition coefficient (Wildman–Crippen LogP) is 1.81. The summed E-state index contributed by atoms with van der Waals surface area (Å²) in [4.78, 5) is 17.5. The van der Waals surface area contributed by atoms with Crippen molar-refractivity contribution in [3.8, 4) is 0 Å². The van der Waals surface area contributed by atoms with E-state index < -0.39 is 10.0 Å². The normalized spacial score (nSPS) is 16.6. The van der Waals surface area contributed by atoms with Crippen molar-refractivity contribution < 1.29 is 13.2 Å². The van der Waals surface area contributed by atoms with Gasteiger partial charge in [0.15, 0.2) is 0 Å². The van der Waals surface area contributed by atoms with Gasteiger partial charge in [-0.2, -0.15) is 0 Å². The number of halogens is 1. The van der Waals surface area contributed by atoms with Crippen LogP contribution < -0.4 is 4.72 Å². The van der Waals surface area contributed by atoms with Crippen LogP contribution in [-0.4, -0.2) is 43.8 Å². The van der Waals surface area contributed by atoms with Gasteiger partial charge in [-0.25, -0.2) is 18.1 Å². The van der Waals surface area contributed by atoms with E-state index in [2.05, 4.69) is 9.71 Å². The number of aromatic nitrogens is 1. The Morgan fingerprint density at radius 3 is 2.82 bits per heavy atom. The highest BCUT2D eigenvalue weighted by atomic mass is 35.5. The predicted molar refractivity (Wildman–Crippen MR) is 84.1 cm³/mol. The minimum atomic E-state index is -3.58. The van der Waals surface area contributed by atoms with Gasteiger partial charge in [-0.05, 0) is 31.4 Å². The lowest BCUT2D eigenvalue weighted by Crippen LogP contribution is -2.34. The van der Waals surface area contributed by atoms with Gasteiger partial charge in [0.2, 0.25) is 15.9 Å². The molecule has 0 saturated carbocycles. The van der Waals surface area contributed by atoms with Crippen LogP contribution in [0.25, 0.3) is 0 Å². The van der Waals surface area contributed by atoms with Gasteiger partial charge in [-0.15, -0.1) is 0 Å². The largest absolute Gasteiger partial charge is 0.343 e. The lowest BCUT2D eigenvalue weighted by atomic mass is 10.2. The molecule has 2 rings (SSSR count). The average Bonchev–Trinajstić information content (AvgIpc) is 2.69. The van der Waals surface area contributed by atoms with Gasteiger partial charge in [0.1, 0.15) is 10.0 Å². The van der Waals surface area contributed by atoms with Crippen molar-refractivity contribution in [1.29, 1.82) is 0 Å². The van der Waals surface area contributed by atoms with Gasteiger partial charge in [-0.3, -0.25) is 4.79 Å². The Morgan fingerprint density at radius 1 is 1.27 bits per heavy atom. The Hall–Kier alpha value is -1.18. The Kier molecular flexibility index (Phi) is 6.16. The third-order valence-electron chi connectivity index (χ3n) is 3.58. The molecule has 2 heterocycles. The maximum Gasteiger partial charge on any atom is 0.242 e. The molecule has 1 N–H and O–H groups in total. The number of nitrogens with one attached hydrogen (secondary N) is 1. The second-order valence-corrected chi connectivity index (χ2v) is 7.41. The fraction of sp³-hybridized carbons (Fsp3) is 0.571. The van der Waals surface area contributed by atoms with E-state index in [0.29, 0.717) is 19.4 Å². The number of sulfonamides is 1. The van der Waals surface area contributed by atoms with Crippen molar-refractivity contribution in [3.05, 3.63) is 23.5 Å². The molecule has 1 fully saturated rings. The summed E-state index contributed by atoms with van der Waals surface area (Å²) in [5.74, 6) is 0.169. The first kappa shape index (κ1) is 17.2. The van der Waals surface area contributed by atoms with Crippen LogP contribution in [0.15, 0.2) is 23.2 Å². The average molecular weight is 346 g/mol. The van der Waals surface area contributed by atoms with Crippen molar-refractivity contribution in [3.63, 3.8) is 0 Å². The third-order valence-corrected chi connectivity index (χ3v) is 5.25. The zero-order valence-electron chi connectivity index (χ0n) is 12.3. The second-order valence-electron chi connectivity index (χ2n) is 5.26. The molecule has 0 aliphatic carbocycles. The summed E-state index contributed by atoms with van der Waals surface area (Å²) in [6, 6.07) is 2.85. The summed E-state index contributed by atoms with van der Waals surface area (Å²) in [5, 5.41) is 0.249. The van der Waals surface area contributed by atoms with Crippen LogP contribution in [-0.2, 0) is 14.8 Å². The van der Waals surface area contributed by atoms with Crippen molar-refractivity contribution in [2.75, 3.05) is 19.6 Å². The minimum absolute atomic E-state index is 0.0859. The lowest BCUT2D eigenvalue weighted by Gasteiger charge is -2.20. The summed E-state index contributed by atoms with van der Waals surface area (Å²) in [6.45, 7) is 1.64. The van der Waals surface area contributed by atoms with Crippen molar-refractivity contribution in [1.82, 2.24) is 14.6 Å². The number of rotatable bonds is 6. The first-order valence-corrected chi connectivity index (χ1v) is 9.24. The summed E-state index contributed by atoms with van der Waals surface area (Å²) in [6.07, 6.45) is 5.47.